The Morgan fingerprint density at radius 3 is 2.52 bits per heavy atom. The monoisotopic (exact) mass is 379 g/mol. The highest BCUT2D eigenvalue weighted by Gasteiger charge is 2.30. The van der Waals surface area contributed by atoms with Crippen molar-refractivity contribution in [3.05, 3.63) is 22.7 Å². The predicted octanol–water partition coefficient (Wildman–Crippen LogP) is 2.19. The number of halogens is 1. The van der Waals surface area contributed by atoms with Gasteiger partial charge in [0, 0.05) is 11.0 Å². The molecule has 0 bridgehead atoms. The Bertz CT molecular complexity index is 615. The van der Waals surface area contributed by atoms with Crippen LogP contribution in [-0.2, 0) is 14.8 Å². The molecule has 0 unspecified atom stereocenters. The third kappa shape index (κ3) is 4.69. The minimum Gasteiger partial charge on any atom is -0.495 e. The van der Waals surface area contributed by atoms with E-state index in [1.54, 1.807) is 6.07 Å². The van der Waals surface area contributed by atoms with Crippen LogP contribution in [0.3, 0.4) is 0 Å². The van der Waals surface area contributed by atoms with Crippen molar-refractivity contribution in [1.82, 2.24) is 4.31 Å². The fourth-order valence-electron chi connectivity index (χ4n) is 1.80. The first kappa shape index (κ1) is 17.9. The fraction of sp³-hybridized carbons (Fsp3) is 0.462. The lowest BCUT2D eigenvalue weighted by Crippen LogP contribution is -2.38. The summed E-state index contributed by atoms with van der Waals surface area (Å²) < 4.78 is 32.0. The molecule has 8 heteroatoms. The van der Waals surface area contributed by atoms with Gasteiger partial charge in [0.15, 0.2) is 0 Å². The van der Waals surface area contributed by atoms with E-state index in [-0.39, 0.29) is 23.1 Å². The van der Waals surface area contributed by atoms with Gasteiger partial charge in [0.2, 0.25) is 10.0 Å². The van der Waals surface area contributed by atoms with Crippen LogP contribution in [-0.4, -0.2) is 44.0 Å². The van der Waals surface area contributed by atoms with Crippen LogP contribution in [0.4, 0.5) is 0 Å². The van der Waals surface area contributed by atoms with E-state index < -0.39 is 22.5 Å². The molecular formula is C13H18BrNO5S. The average Bonchev–Trinajstić information content (AvgIpc) is 2.36. The highest BCUT2D eigenvalue weighted by atomic mass is 79.9. The van der Waals surface area contributed by atoms with Gasteiger partial charge in [0.05, 0.1) is 7.11 Å². The van der Waals surface area contributed by atoms with Gasteiger partial charge in [-0.05, 0) is 24.1 Å². The van der Waals surface area contributed by atoms with Crippen LogP contribution in [0.5, 0.6) is 5.75 Å². The molecule has 1 rings (SSSR count). The second kappa shape index (κ2) is 7.24. The maximum atomic E-state index is 12.7. The molecule has 0 amide bonds. The number of nitrogens with zero attached hydrogens (tertiary/aromatic N) is 1. The van der Waals surface area contributed by atoms with Crippen molar-refractivity contribution in [3.8, 4) is 5.75 Å². The van der Waals surface area contributed by atoms with Gasteiger partial charge >= 0.3 is 5.97 Å². The first-order chi connectivity index (χ1) is 9.68. The molecule has 0 spiro atoms. The number of rotatable bonds is 7. The number of aliphatic carboxylic acids is 1. The molecule has 0 radical (unpaired) electrons. The van der Waals surface area contributed by atoms with Crippen LogP contribution >= 0.6 is 15.9 Å². The maximum absolute atomic E-state index is 12.7. The summed E-state index contributed by atoms with van der Waals surface area (Å²) in [4.78, 5) is 10.9. The minimum atomic E-state index is -3.96. The Hall–Kier alpha value is -1.12. The van der Waals surface area contributed by atoms with Crippen molar-refractivity contribution in [3.63, 3.8) is 0 Å². The van der Waals surface area contributed by atoms with E-state index in [9.17, 15) is 13.2 Å². The summed E-state index contributed by atoms with van der Waals surface area (Å²) in [5.41, 5.74) is 0. The Morgan fingerprint density at radius 1 is 1.43 bits per heavy atom. The summed E-state index contributed by atoms with van der Waals surface area (Å²) in [6, 6.07) is 4.58. The third-order valence-electron chi connectivity index (χ3n) is 2.62. The van der Waals surface area contributed by atoms with Crippen molar-refractivity contribution in [2.45, 2.75) is 18.7 Å². The number of sulfonamides is 1. The van der Waals surface area contributed by atoms with E-state index in [1.807, 2.05) is 13.8 Å². The van der Waals surface area contributed by atoms with Gasteiger partial charge in [0.1, 0.15) is 17.2 Å². The Kier molecular flexibility index (Phi) is 6.18. The SMILES string of the molecule is COc1ccc(Br)cc1S(=O)(=O)N(CC(=O)O)CC(C)C. The molecular weight excluding hydrogens is 362 g/mol. The molecule has 0 atom stereocenters. The molecule has 0 fully saturated rings. The standard InChI is InChI=1S/C13H18BrNO5S/c1-9(2)7-15(8-13(16)17)21(18,19)12-6-10(14)4-5-11(12)20-3/h4-6,9H,7-8H2,1-3H3,(H,16,17). The highest BCUT2D eigenvalue weighted by Crippen LogP contribution is 2.30. The Labute approximate surface area is 132 Å². The number of carboxylic acid groups (broad SMARTS) is 1. The maximum Gasteiger partial charge on any atom is 0.318 e. The fourth-order valence-corrected chi connectivity index (χ4v) is 4.04. The predicted molar refractivity (Wildman–Crippen MR) is 81.9 cm³/mol. The average molecular weight is 380 g/mol. The summed E-state index contributed by atoms with van der Waals surface area (Å²) in [6.07, 6.45) is 0. The first-order valence-electron chi connectivity index (χ1n) is 6.24. The number of methoxy groups -OCH3 is 1. The second-order valence-electron chi connectivity index (χ2n) is 4.88. The minimum absolute atomic E-state index is 0.00253. The lowest BCUT2D eigenvalue weighted by atomic mass is 10.2. The van der Waals surface area contributed by atoms with Gasteiger partial charge in [-0.2, -0.15) is 4.31 Å². The highest BCUT2D eigenvalue weighted by molar-refractivity contribution is 9.10. The molecule has 1 aromatic rings. The van der Waals surface area contributed by atoms with Crippen LogP contribution in [0.1, 0.15) is 13.8 Å². The zero-order valence-corrected chi connectivity index (χ0v) is 14.4. The third-order valence-corrected chi connectivity index (χ3v) is 4.95. The van der Waals surface area contributed by atoms with E-state index in [1.165, 1.54) is 19.2 Å². The topological polar surface area (TPSA) is 83.9 Å². The largest absolute Gasteiger partial charge is 0.495 e. The van der Waals surface area contributed by atoms with E-state index in [2.05, 4.69) is 15.9 Å². The molecule has 0 aromatic heterocycles. The van der Waals surface area contributed by atoms with Gasteiger partial charge < -0.3 is 9.84 Å². The molecule has 0 saturated carbocycles. The van der Waals surface area contributed by atoms with Crippen molar-refractivity contribution in [2.24, 2.45) is 5.92 Å². The van der Waals surface area contributed by atoms with Gasteiger partial charge in [-0.3, -0.25) is 4.79 Å². The molecule has 21 heavy (non-hydrogen) atoms. The van der Waals surface area contributed by atoms with Gasteiger partial charge in [-0.25, -0.2) is 8.42 Å². The van der Waals surface area contributed by atoms with Crippen molar-refractivity contribution in [1.29, 1.82) is 0 Å². The van der Waals surface area contributed by atoms with Crippen molar-refractivity contribution in [2.75, 3.05) is 20.2 Å². The number of hydrogen-bond acceptors (Lipinski definition) is 4. The zero-order chi connectivity index (χ0) is 16.2. The number of carbonyl (C=O) groups is 1. The van der Waals surface area contributed by atoms with E-state index >= 15 is 0 Å². The van der Waals surface area contributed by atoms with Gasteiger partial charge in [0.25, 0.3) is 0 Å². The summed E-state index contributed by atoms with van der Waals surface area (Å²) in [5, 5.41) is 8.94. The molecule has 118 valence electrons. The molecule has 1 aromatic carbocycles. The summed E-state index contributed by atoms with van der Waals surface area (Å²) in [7, 11) is -2.59. The summed E-state index contributed by atoms with van der Waals surface area (Å²) in [5.74, 6) is -1.03. The quantitative estimate of drug-likeness (QED) is 0.784. The molecule has 0 aliphatic heterocycles. The van der Waals surface area contributed by atoms with Crippen LogP contribution in [0, 0.1) is 5.92 Å². The van der Waals surface area contributed by atoms with Crippen LogP contribution < -0.4 is 4.74 Å². The Balaban J connectivity index is 3.34. The number of ether oxygens (including phenoxy) is 1. The number of hydrogen-bond donors (Lipinski definition) is 1. The molecule has 0 aliphatic rings. The molecule has 1 N–H and O–H groups in total. The molecule has 0 saturated heterocycles. The number of carboxylic acids is 1. The zero-order valence-electron chi connectivity index (χ0n) is 12.0. The van der Waals surface area contributed by atoms with E-state index in [0.29, 0.717) is 4.47 Å². The lowest BCUT2D eigenvalue weighted by molar-refractivity contribution is -0.137. The molecule has 0 heterocycles. The number of benzene rings is 1. The summed E-state index contributed by atoms with van der Waals surface area (Å²) >= 11 is 3.21. The van der Waals surface area contributed by atoms with Crippen molar-refractivity contribution < 1.29 is 23.1 Å². The van der Waals surface area contributed by atoms with Gasteiger partial charge in [-0.1, -0.05) is 29.8 Å². The van der Waals surface area contributed by atoms with Crippen LogP contribution in [0.25, 0.3) is 0 Å². The summed E-state index contributed by atoms with van der Waals surface area (Å²) in [6.45, 7) is 3.17. The first-order valence-corrected chi connectivity index (χ1v) is 8.47. The van der Waals surface area contributed by atoms with Crippen LogP contribution in [0.2, 0.25) is 0 Å². The van der Waals surface area contributed by atoms with E-state index in [4.69, 9.17) is 9.84 Å². The second-order valence-corrected chi connectivity index (χ2v) is 7.70. The molecule has 6 nitrogen and oxygen atoms in total. The van der Waals surface area contributed by atoms with Crippen molar-refractivity contribution >= 4 is 31.9 Å². The Morgan fingerprint density at radius 2 is 2.05 bits per heavy atom. The van der Waals surface area contributed by atoms with Gasteiger partial charge in [-0.15, -0.1) is 0 Å². The lowest BCUT2D eigenvalue weighted by Gasteiger charge is -2.23. The normalized spacial score (nSPS) is 11.9. The molecule has 0 aliphatic carbocycles. The van der Waals surface area contributed by atoms with Crippen LogP contribution in [0.15, 0.2) is 27.6 Å². The smallest absolute Gasteiger partial charge is 0.318 e. The van der Waals surface area contributed by atoms with E-state index in [0.717, 1.165) is 4.31 Å².